The highest BCUT2D eigenvalue weighted by Crippen LogP contribution is 2.42. The minimum absolute atomic E-state index is 0.106. The van der Waals surface area contributed by atoms with E-state index < -0.39 is 39.4 Å². The molecule has 4 aromatic rings. The molecule has 5 heterocycles. The molecule has 0 bridgehead atoms. The van der Waals surface area contributed by atoms with Crippen LogP contribution in [0.25, 0.3) is 32.9 Å². The zero-order valence-electron chi connectivity index (χ0n) is 25.3. The van der Waals surface area contributed by atoms with Crippen LogP contribution < -0.4 is 14.8 Å². The number of nitrogens with two attached hydrogens (primary N) is 1. The summed E-state index contributed by atoms with van der Waals surface area (Å²) in [6.07, 6.45) is 3.92. The first-order chi connectivity index (χ1) is 22.0. The van der Waals surface area contributed by atoms with Crippen molar-refractivity contribution in [1.29, 1.82) is 0 Å². The number of pyridine rings is 1. The number of phenols is 1. The topological polar surface area (TPSA) is 135 Å². The molecule has 0 spiro atoms. The van der Waals surface area contributed by atoms with Crippen LogP contribution in [0.1, 0.15) is 44.6 Å². The van der Waals surface area contributed by atoms with E-state index in [0.29, 0.717) is 55.1 Å². The van der Waals surface area contributed by atoms with Crippen molar-refractivity contribution in [2.75, 3.05) is 36.9 Å². The number of aromatic hydroxyl groups is 1. The number of alkyl halides is 1. The van der Waals surface area contributed by atoms with Crippen LogP contribution in [0, 0.1) is 11.6 Å². The summed E-state index contributed by atoms with van der Waals surface area (Å²) in [7, 11) is -3.84. The Hall–Kier alpha value is -3.75. The molecular weight excluding hydrogens is 621 g/mol. The molecule has 7 rings (SSSR count). The van der Waals surface area contributed by atoms with E-state index in [2.05, 4.69) is 19.9 Å². The van der Waals surface area contributed by atoms with Crippen LogP contribution in [0.3, 0.4) is 0 Å². The number of hydrogen-bond donors (Lipinski definition) is 2. The Balaban J connectivity index is 1.39. The summed E-state index contributed by atoms with van der Waals surface area (Å²) in [6, 6.07) is 5.02. The number of hydrogen-bond acceptors (Lipinski definition) is 9. The molecular formula is C32H35F3N6O4S. The smallest absolute Gasteiger partial charge is 0.319 e. The number of phenolic OH excluding ortho intramolecular Hbond substituents is 1. The van der Waals surface area contributed by atoms with Crippen molar-refractivity contribution in [3.63, 3.8) is 0 Å². The zero-order valence-corrected chi connectivity index (χ0v) is 26.2. The molecule has 3 aliphatic rings. The van der Waals surface area contributed by atoms with Gasteiger partial charge in [0.2, 0.25) is 10.0 Å². The van der Waals surface area contributed by atoms with E-state index in [1.54, 1.807) is 11.8 Å². The Kier molecular flexibility index (Phi) is 7.72. The molecule has 244 valence electrons. The summed E-state index contributed by atoms with van der Waals surface area (Å²) in [6.45, 7) is 3.42. The van der Waals surface area contributed by atoms with Gasteiger partial charge in [-0.05, 0) is 73.2 Å². The summed E-state index contributed by atoms with van der Waals surface area (Å²) in [5, 5.41) is 17.1. The molecule has 3 atom stereocenters. The first-order valence-electron chi connectivity index (χ1n) is 15.6. The Morgan fingerprint density at radius 2 is 2.00 bits per heavy atom. The van der Waals surface area contributed by atoms with Gasteiger partial charge in [0.25, 0.3) is 0 Å². The largest absolute Gasteiger partial charge is 0.508 e. The highest BCUT2D eigenvalue weighted by atomic mass is 32.2. The Morgan fingerprint density at radius 3 is 2.78 bits per heavy atom. The van der Waals surface area contributed by atoms with Crippen molar-refractivity contribution < 1.29 is 31.4 Å². The van der Waals surface area contributed by atoms with Crippen LogP contribution in [0.4, 0.5) is 19.0 Å². The quantitative estimate of drug-likeness (QED) is 0.279. The maximum Gasteiger partial charge on any atom is 0.319 e. The van der Waals surface area contributed by atoms with Crippen LogP contribution >= 0.6 is 0 Å². The molecule has 0 aliphatic carbocycles. The fourth-order valence-electron chi connectivity index (χ4n) is 7.73. The fourth-order valence-corrected chi connectivity index (χ4v) is 8.61. The number of sulfonamides is 1. The van der Waals surface area contributed by atoms with Crippen molar-refractivity contribution in [1.82, 2.24) is 19.9 Å². The van der Waals surface area contributed by atoms with E-state index >= 15 is 4.39 Å². The number of aryl methyl sites for hydroxylation is 1. The number of aromatic nitrogens is 3. The minimum Gasteiger partial charge on any atom is -0.508 e. The first kappa shape index (κ1) is 30.9. The van der Waals surface area contributed by atoms with Crippen molar-refractivity contribution in [2.24, 2.45) is 5.14 Å². The van der Waals surface area contributed by atoms with E-state index in [4.69, 9.17) is 9.88 Å². The molecule has 3 fully saturated rings. The van der Waals surface area contributed by atoms with Crippen molar-refractivity contribution >= 4 is 37.5 Å². The van der Waals surface area contributed by atoms with Gasteiger partial charge in [-0.1, -0.05) is 13.0 Å². The average molecular weight is 657 g/mol. The summed E-state index contributed by atoms with van der Waals surface area (Å²) in [5.74, 6) is -1.51. The number of halogens is 3. The van der Waals surface area contributed by atoms with Crippen molar-refractivity contribution in [3.05, 3.63) is 47.7 Å². The highest BCUT2D eigenvalue weighted by molar-refractivity contribution is 7.89. The van der Waals surface area contributed by atoms with Gasteiger partial charge in [-0.15, -0.1) is 0 Å². The predicted molar refractivity (Wildman–Crippen MR) is 168 cm³/mol. The second kappa shape index (κ2) is 11.5. The lowest BCUT2D eigenvalue weighted by Gasteiger charge is -2.31. The van der Waals surface area contributed by atoms with Gasteiger partial charge < -0.3 is 14.7 Å². The summed E-state index contributed by atoms with van der Waals surface area (Å²) < 4.78 is 76.5. The molecule has 3 aliphatic heterocycles. The Bertz CT molecular complexity index is 1960. The van der Waals surface area contributed by atoms with E-state index in [9.17, 15) is 22.3 Å². The Morgan fingerprint density at radius 1 is 1.17 bits per heavy atom. The lowest BCUT2D eigenvalue weighted by molar-refractivity contribution is 0.107. The molecule has 3 N–H and O–H groups in total. The van der Waals surface area contributed by atoms with Gasteiger partial charge in [0.1, 0.15) is 41.4 Å². The number of ether oxygens (including phenoxy) is 1. The monoisotopic (exact) mass is 656 g/mol. The summed E-state index contributed by atoms with van der Waals surface area (Å²) in [4.78, 5) is 17.4. The summed E-state index contributed by atoms with van der Waals surface area (Å²) >= 11 is 0. The third kappa shape index (κ3) is 5.39. The molecule has 0 saturated carbocycles. The number of primary sulfonamides is 1. The van der Waals surface area contributed by atoms with E-state index in [0.717, 1.165) is 19.4 Å². The van der Waals surface area contributed by atoms with Gasteiger partial charge in [-0.25, -0.2) is 26.7 Å². The zero-order chi connectivity index (χ0) is 32.4. The lowest BCUT2D eigenvalue weighted by atomic mass is 9.94. The van der Waals surface area contributed by atoms with Gasteiger partial charge in [-0.3, -0.25) is 9.88 Å². The van der Waals surface area contributed by atoms with Gasteiger partial charge in [0, 0.05) is 37.3 Å². The average Bonchev–Trinajstić information content (AvgIpc) is 3.69. The molecule has 0 unspecified atom stereocenters. The minimum atomic E-state index is -3.84. The molecule has 3 saturated heterocycles. The van der Waals surface area contributed by atoms with E-state index in [1.807, 2.05) is 0 Å². The molecule has 2 aromatic heterocycles. The first-order valence-corrected chi connectivity index (χ1v) is 17.3. The molecule has 0 radical (unpaired) electrons. The fraction of sp³-hybridized carbons (Fsp3) is 0.469. The molecule has 14 heteroatoms. The van der Waals surface area contributed by atoms with Gasteiger partial charge in [0.05, 0.1) is 16.7 Å². The third-order valence-corrected chi connectivity index (χ3v) is 10.6. The third-order valence-electron chi connectivity index (χ3n) is 9.71. The van der Waals surface area contributed by atoms with Crippen LogP contribution in [-0.2, 0) is 16.4 Å². The second-order valence-electron chi connectivity index (χ2n) is 12.7. The predicted octanol–water partition coefficient (Wildman–Crippen LogP) is 4.60. The van der Waals surface area contributed by atoms with Crippen LogP contribution in [0.5, 0.6) is 11.8 Å². The van der Waals surface area contributed by atoms with E-state index in [-0.39, 0.29) is 52.1 Å². The number of nitrogens with zero attached hydrogens (tertiary/aromatic N) is 5. The maximum atomic E-state index is 16.8. The van der Waals surface area contributed by atoms with Crippen molar-refractivity contribution in [2.45, 2.75) is 63.2 Å². The second-order valence-corrected chi connectivity index (χ2v) is 14.3. The molecule has 46 heavy (non-hydrogen) atoms. The highest BCUT2D eigenvalue weighted by Gasteiger charge is 2.49. The van der Waals surface area contributed by atoms with Gasteiger partial charge in [-0.2, -0.15) is 9.97 Å². The Labute approximate surface area is 264 Å². The van der Waals surface area contributed by atoms with Crippen LogP contribution in [0.15, 0.2) is 30.5 Å². The number of fused-ring (bicyclic) bond motifs is 3. The molecule has 2 aromatic carbocycles. The SMILES string of the molecule is CCc1c(F)ccc2cc(O)cc(-c3ncc4c(N5CCC[C@H]5CS(N)(=O)=O)nc(OC[C@@]56CCCN5C[C@H](F)C6)nc4c3F)c12. The number of benzene rings is 2. The standard InChI is InChI=1S/C32H35F3N6O4S/c1-2-22-25(34)7-6-18-11-21(42)12-23(26(18)22)28-27(35)29-24(14-37-28)30(41-10-3-5-20(41)16-46(36,43)44)39-31(38-29)45-17-32-8-4-9-40(32)15-19(33)13-32/h6-7,11-12,14,19-20,42H,2-5,8-10,13,15-17H2,1H3,(H2,36,43,44)/t19-,20+,32+/m1/s1. The molecule has 10 nitrogen and oxygen atoms in total. The molecule has 0 amide bonds. The lowest BCUT2D eigenvalue weighted by Crippen LogP contribution is -2.43. The van der Waals surface area contributed by atoms with Crippen LogP contribution in [-0.4, -0.2) is 83.1 Å². The van der Waals surface area contributed by atoms with Gasteiger partial charge in [0.15, 0.2) is 5.82 Å². The number of anilines is 1. The number of rotatable bonds is 8. The van der Waals surface area contributed by atoms with Crippen LogP contribution in [0.2, 0.25) is 0 Å². The maximum absolute atomic E-state index is 16.8. The van der Waals surface area contributed by atoms with Crippen molar-refractivity contribution in [3.8, 4) is 23.0 Å². The summed E-state index contributed by atoms with van der Waals surface area (Å²) in [5.41, 5.74) is -0.240. The van der Waals surface area contributed by atoms with E-state index in [1.165, 1.54) is 30.5 Å². The normalized spacial score (nSPS) is 23.5. The van der Waals surface area contributed by atoms with Gasteiger partial charge >= 0.3 is 6.01 Å².